The highest BCUT2D eigenvalue weighted by molar-refractivity contribution is 7.90. The van der Waals surface area contributed by atoms with Gasteiger partial charge in [-0.15, -0.1) is 0 Å². The third kappa shape index (κ3) is 3.89. The third-order valence-electron chi connectivity index (χ3n) is 2.41. The fourth-order valence-electron chi connectivity index (χ4n) is 1.47. The van der Waals surface area contributed by atoms with Crippen LogP contribution in [0.4, 0.5) is 5.69 Å². The summed E-state index contributed by atoms with van der Waals surface area (Å²) in [4.78, 5) is 12.7. The van der Waals surface area contributed by atoms with Crippen molar-refractivity contribution in [3.8, 4) is 0 Å². The Bertz CT molecular complexity index is 556. The molecule has 1 aromatic carbocycles. The molecule has 0 bridgehead atoms. The molecule has 0 fully saturated rings. The fourth-order valence-corrected chi connectivity index (χ4v) is 2.32. The van der Waals surface area contributed by atoms with Gasteiger partial charge in [-0.05, 0) is 12.1 Å². The molecule has 100 valence electrons. The van der Waals surface area contributed by atoms with E-state index >= 15 is 0 Å². The van der Waals surface area contributed by atoms with Crippen molar-refractivity contribution in [2.24, 2.45) is 0 Å². The number of benzene rings is 1. The summed E-state index contributed by atoms with van der Waals surface area (Å²) < 4.78 is 22.2. The molecule has 0 aliphatic carbocycles. The van der Waals surface area contributed by atoms with Gasteiger partial charge in [0.1, 0.15) is 15.4 Å². The molecular formula is C11H14ClNO4S. The minimum atomic E-state index is -3.09. The minimum Gasteiger partial charge on any atom is -0.478 e. The number of nitrogens with zero attached hydrogens (tertiary/aromatic N) is 1. The molecule has 7 heteroatoms. The molecule has 0 aliphatic heterocycles. The monoisotopic (exact) mass is 291 g/mol. The van der Waals surface area contributed by atoms with Crippen LogP contribution in [0.3, 0.4) is 0 Å². The maximum Gasteiger partial charge on any atom is 0.339 e. The van der Waals surface area contributed by atoms with E-state index in [0.29, 0.717) is 5.69 Å². The zero-order chi connectivity index (χ0) is 13.9. The van der Waals surface area contributed by atoms with Crippen molar-refractivity contribution in [1.29, 1.82) is 0 Å². The standard InChI is InChI=1S/C11H14ClNO4S/c1-13(6-7-18(2,16)17)9-5-3-4-8(12)10(9)11(14)15/h3-5H,6-7H2,1-2H3,(H,14,15). The lowest BCUT2D eigenvalue weighted by molar-refractivity contribution is 0.0698. The minimum absolute atomic E-state index is 0.0184. The van der Waals surface area contributed by atoms with Crippen LogP contribution in [0.15, 0.2) is 18.2 Å². The lowest BCUT2D eigenvalue weighted by Gasteiger charge is -2.21. The smallest absolute Gasteiger partial charge is 0.339 e. The molecule has 0 atom stereocenters. The Morgan fingerprint density at radius 2 is 2.06 bits per heavy atom. The maximum atomic E-state index is 11.1. The van der Waals surface area contributed by atoms with Crippen molar-refractivity contribution in [1.82, 2.24) is 0 Å². The molecule has 0 unspecified atom stereocenters. The van der Waals surface area contributed by atoms with Crippen molar-refractivity contribution in [3.05, 3.63) is 28.8 Å². The molecule has 0 spiro atoms. The molecule has 5 nitrogen and oxygen atoms in total. The van der Waals surface area contributed by atoms with Crippen LogP contribution in [0.1, 0.15) is 10.4 Å². The quantitative estimate of drug-likeness (QED) is 0.890. The van der Waals surface area contributed by atoms with Crippen LogP contribution >= 0.6 is 11.6 Å². The second-order valence-electron chi connectivity index (χ2n) is 3.99. The number of anilines is 1. The van der Waals surface area contributed by atoms with Crippen LogP contribution in [0.25, 0.3) is 0 Å². The van der Waals surface area contributed by atoms with E-state index in [1.807, 2.05) is 0 Å². The molecule has 0 heterocycles. The summed E-state index contributed by atoms with van der Waals surface area (Å²) in [5, 5.41) is 9.22. The van der Waals surface area contributed by atoms with E-state index in [9.17, 15) is 13.2 Å². The first-order valence-corrected chi connectivity index (χ1v) is 7.57. The van der Waals surface area contributed by atoms with E-state index in [-0.39, 0.29) is 22.9 Å². The summed E-state index contributed by atoms with van der Waals surface area (Å²) in [7, 11) is -1.46. The predicted octanol–water partition coefficient (Wildman–Crippen LogP) is 1.52. The van der Waals surface area contributed by atoms with Crippen LogP contribution in [-0.2, 0) is 9.84 Å². The third-order valence-corrected chi connectivity index (χ3v) is 3.65. The molecule has 0 saturated carbocycles. The molecule has 1 aromatic rings. The van der Waals surface area contributed by atoms with Crippen LogP contribution in [0.5, 0.6) is 0 Å². The molecule has 1 N–H and O–H groups in total. The summed E-state index contributed by atoms with van der Waals surface area (Å²) in [6.07, 6.45) is 1.14. The van der Waals surface area contributed by atoms with Gasteiger partial charge in [-0.1, -0.05) is 17.7 Å². The Balaban J connectivity index is 3.02. The van der Waals surface area contributed by atoms with Crippen LogP contribution in [0.2, 0.25) is 5.02 Å². The van der Waals surface area contributed by atoms with Gasteiger partial charge in [0.2, 0.25) is 0 Å². The summed E-state index contributed by atoms with van der Waals surface area (Å²) in [5.41, 5.74) is 0.383. The van der Waals surface area contributed by atoms with Gasteiger partial charge in [0.25, 0.3) is 0 Å². The van der Waals surface area contributed by atoms with Gasteiger partial charge in [-0.2, -0.15) is 0 Å². The van der Waals surface area contributed by atoms with Gasteiger partial charge >= 0.3 is 5.97 Å². The largest absolute Gasteiger partial charge is 0.478 e. The van der Waals surface area contributed by atoms with E-state index in [1.165, 1.54) is 6.07 Å². The average Bonchev–Trinajstić information content (AvgIpc) is 2.24. The number of rotatable bonds is 5. The molecule has 1 rings (SSSR count). The Kier molecular flexibility index (Phi) is 4.59. The van der Waals surface area contributed by atoms with Crippen LogP contribution < -0.4 is 4.90 Å². The first-order valence-electron chi connectivity index (χ1n) is 5.13. The molecule has 0 radical (unpaired) electrons. The van der Waals surface area contributed by atoms with E-state index in [0.717, 1.165) is 6.26 Å². The van der Waals surface area contributed by atoms with Gasteiger partial charge in [-0.3, -0.25) is 0 Å². The Morgan fingerprint density at radius 3 is 2.56 bits per heavy atom. The summed E-state index contributed by atoms with van der Waals surface area (Å²) in [6, 6.07) is 4.71. The van der Waals surface area contributed by atoms with Crippen molar-refractivity contribution >= 4 is 33.1 Å². The lowest BCUT2D eigenvalue weighted by atomic mass is 10.1. The van der Waals surface area contributed by atoms with Gasteiger partial charge < -0.3 is 10.0 Å². The molecular weight excluding hydrogens is 278 g/mol. The van der Waals surface area contributed by atoms with Gasteiger partial charge in [-0.25, -0.2) is 13.2 Å². The number of hydrogen-bond acceptors (Lipinski definition) is 4. The highest BCUT2D eigenvalue weighted by Gasteiger charge is 2.17. The first-order chi connectivity index (χ1) is 8.22. The maximum absolute atomic E-state index is 11.1. The summed E-state index contributed by atoms with van der Waals surface area (Å²) in [6.45, 7) is 0.208. The van der Waals surface area contributed by atoms with Crippen molar-refractivity contribution in [2.45, 2.75) is 0 Å². The van der Waals surface area contributed by atoms with Crippen molar-refractivity contribution < 1.29 is 18.3 Å². The molecule has 0 saturated heterocycles. The van der Waals surface area contributed by atoms with E-state index < -0.39 is 15.8 Å². The van der Waals surface area contributed by atoms with Gasteiger partial charge in [0.05, 0.1) is 16.5 Å². The second kappa shape index (κ2) is 5.58. The molecule has 18 heavy (non-hydrogen) atoms. The Morgan fingerprint density at radius 1 is 1.44 bits per heavy atom. The number of hydrogen-bond donors (Lipinski definition) is 1. The number of carboxylic acid groups (broad SMARTS) is 1. The Hall–Kier alpha value is -1.27. The molecule has 0 amide bonds. The Labute approximate surface area is 111 Å². The van der Waals surface area contributed by atoms with Crippen LogP contribution in [0, 0.1) is 0 Å². The topological polar surface area (TPSA) is 74.7 Å². The normalized spacial score (nSPS) is 11.3. The van der Waals surface area contributed by atoms with E-state index in [2.05, 4.69) is 0 Å². The zero-order valence-corrected chi connectivity index (χ0v) is 11.6. The molecule has 0 aromatic heterocycles. The highest BCUT2D eigenvalue weighted by atomic mass is 35.5. The lowest BCUT2D eigenvalue weighted by Crippen LogP contribution is -2.26. The van der Waals surface area contributed by atoms with E-state index in [1.54, 1.807) is 24.1 Å². The number of aromatic carboxylic acids is 1. The summed E-state index contributed by atoms with van der Waals surface area (Å²) >= 11 is 5.83. The number of halogens is 1. The summed E-state index contributed by atoms with van der Waals surface area (Å²) in [5.74, 6) is -1.18. The van der Waals surface area contributed by atoms with Crippen LogP contribution in [-0.4, -0.2) is 45.1 Å². The zero-order valence-electron chi connectivity index (χ0n) is 10.1. The average molecular weight is 292 g/mol. The fraction of sp³-hybridized carbons (Fsp3) is 0.364. The van der Waals surface area contributed by atoms with Crippen molar-refractivity contribution in [2.75, 3.05) is 30.5 Å². The number of sulfone groups is 1. The first kappa shape index (κ1) is 14.8. The molecule has 0 aliphatic rings. The highest BCUT2D eigenvalue weighted by Crippen LogP contribution is 2.26. The predicted molar refractivity (Wildman–Crippen MR) is 71.4 cm³/mol. The van der Waals surface area contributed by atoms with Crippen molar-refractivity contribution in [3.63, 3.8) is 0 Å². The van der Waals surface area contributed by atoms with E-state index in [4.69, 9.17) is 16.7 Å². The number of carbonyl (C=O) groups is 1. The van der Waals surface area contributed by atoms with Gasteiger partial charge in [0, 0.05) is 19.8 Å². The SMILES string of the molecule is CN(CCS(C)(=O)=O)c1cccc(Cl)c1C(=O)O. The second-order valence-corrected chi connectivity index (χ2v) is 6.66. The number of carboxylic acids is 1. The van der Waals surface area contributed by atoms with Gasteiger partial charge in [0.15, 0.2) is 0 Å².